The van der Waals surface area contributed by atoms with Crippen LogP contribution in [0.3, 0.4) is 0 Å². The fraction of sp³-hybridized carbons (Fsp3) is 0.478. The van der Waals surface area contributed by atoms with Gasteiger partial charge in [0.1, 0.15) is 5.76 Å². The zero-order valence-electron chi connectivity index (χ0n) is 18.2. The molecular weight excluding hydrogens is 505 g/mol. The Hall–Kier alpha value is -2.23. The van der Waals surface area contributed by atoms with Crippen LogP contribution in [0.5, 0.6) is 0 Å². The van der Waals surface area contributed by atoms with Gasteiger partial charge in [0, 0.05) is 57.8 Å². The second-order valence-electron chi connectivity index (χ2n) is 7.59. The molecular formula is C23H34IN5O2. The Morgan fingerprint density at radius 3 is 2.52 bits per heavy atom. The summed E-state index contributed by atoms with van der Waals surface area (Å²) < 4.78 is 5.38. The quantitative estimate of drug-likeness (QED) is 0.167. The van der Waals surface area contributed by atoms with Gasteiger partial charge in [-0.25, -0.2) is 0 Å². The SMILES string of the molecule is CN(CCCN=C(NCCNC(=O)C1CC1)NCCc1ccco1)c1ccccc1.I. The highest BCUT2D eigenvalue weighted by Crippen LogP contribution is 2.28. The first-order valence-corrected chi connectivity index (χ1v) is 10.8. The number of nitrogens with one attached hydrogen (secondary N) is 3. The van der Waals surface area contributed by atoms with E-state index in [0.29, 0.717) is 13.1 Å². The average molecular weight is 539 g/mol. The van der Waals surface area contributed by atoms with Gasteiger partial charge in [-0.15, -0.1) is 24.0 Å². The summed E-state index contributed by atoms with van der Waals surface area (Å²) in [6, 6.07) is 14.2. The van der Waals surface area contributed by atoms with E-state index in [4.69, 9.17) is 9.41 Å². The molecule has 1 aromatic carbocycles. The van der Waals surface area contributed by atoms with Gasteiger partial charge in [-0.3, -0.25) is 9.79 Å². The van der Waals surface area contributed by atoms with Crippen molar-refractivity contribution in [3.63, 3.8) is 0 Å². The minimum absolute atomic E-state index is 0. The number of guanidine groups is 1. The normalized spacial score (nSPS) is 13.3. The monoisotopic (exact) mass is 539 g/mol. The van der Waals surface area contributed by atoms with Crippen LogP contribution in [0.25, 0.3) is 0 Å². The number of amides is 1. The number of benzene rings is 1. The maximum absolute atomic E-state index is 11.7. The van der Waals surface area contributed by atoms with Gasteiger partial charge in [0.25, 0.3) is 0 Å². The standard InChI is InChI=1S/C23H33N5O2.HI/c1-28(20-7-3-2-4-8-20)17-6-13-25-23(26-14-12-21-9-5-18-30-21)27-16-15-24-22(29)19-10-11-19;/h2-5,7-9,18-19H,6,10-17H2,1H3,(H,24,29)(H2,25,26,27);1H. The smallest absolute Gasteiger partial charge is 0.223 e. The highest BCUT2D eigenvalue weighted by atomic mass is 127. The highest BCUT2D eigenvalue weighted by Gasteiger charge is 2.28. The summed E-state index contributed by atoms with van der Waals surface area (Å²) >= 11 is 0. The van der Waals surface area contributed by atoms with Crippen LogP contribution < -0.4 is 20.9 Å². The molecule has 0 unspecified atom stereocenters. The lowest BCUT2D eigenvalue weighted by atomic mass is 10.3. The predicted molar refractivity (Wildman–Crippen MR) is 136 cm³/mol. The molecule has 0 bridgehead atoms. The van der Waals surface area contributed by atoms with E-state index in [0.717, 1.165) is 57.0 Å². The minimum atomic E-state index is 0. The summed E-state index contributed by atoms with van der Waals surface area (Å²) in [4.78, 5) is 18.7. The summed E-state index contributed by atoms with van der Waals surface area (Å²) in [5.41, 5.74) is 1.21. The van der Waals surface area contributed by atoms with Crippen molar-refractivity contribution in [3.05, 3.63) is 54.5 Å². The second kappa shape index (κ2) is 14.0. The molecule has 3 N–H and O–H groups in total. The molecule has 1 aliphatic rings. The van der Waals surface area contributed by atoms with Crippen LogP contribution in [0, 0.1) is 5.92 Å². The molecule has 1 fully saturated rings. The Bertz CT molecular complexity index is 779. The van der Waals surface area contributed by atoms with Crippen molar-refractivity contribution in [1.29, 1.82) is 0 Å². The number of rotatable bonds is 12. The van der Waals surface area contributed by atoms with Crippen molar-refractivity contribution in [2.75, 3.05) is 44.7 Å². The first kappa shape index (κ1) is 25.0. The van der Waals surface area contributed by atoms with E-state index < -0.39 is 0 Å². The molecule has 1 heterocycles. The van der Waals surface area contributed by atoms with Gasteiger partial charge in [0.05, 0.1) is 6.26 Å². The molecule has 0 radical (unpaired) electrons. The number of furan rings is 1. The second-order valence-corrected chi connectivity index (χ2v) is 7.59. The number of carbonyl (C=O) groups is 1. The molecule has 3 rings (SSSR count). The van der Waals surface area contributed by atoms with E-state index in [1.165, 1.54) is 5.69 Å². The number of anilines is 1. The Balaban J connectivity index is 0.00000341. The van der Waals surface area contributed by atoms with Crippen LogP contribution in [0.4, 0.5) is 5.69 Å². The molecule has 1 aliphatic carbocycles. The maximum Gasteiger partial charge on any atom is 0.223 e. The van der Waals surface area contributed by atoms with Crippen molar-refractivity contribution in [2.24, 2.45) is 10.9 Å². The number of carbonyl (C=O) groups excluding carboxylic acids is 1. The third kappa shape index (κ3) is 9.63. The van der Waals surface area contributed by atoms with Crippen LogP contribution in [-0.2, 0) is 11.2 Å². The molecule has 0 spiro atoms. The predicted octanol–water partition coefficient (Wildman–Crippen LogP) is 3.03. The van der Waals surface area contributed by atoms with Crippen molar-refractivity contribution in [3.8, 4) is 0 Å². The van der Waals surface area contributed by atoms with E-state index in [1.807, 2.05) is 18.2 Å². The van der Waals surface area contributed by atoms with E-state index >= 15 is 0 Å². The molecule has 2 aromatic rings. The third-order valence-electron chi connectivity index (χ3n) is 5.03. The van der Waals surface area contributed by atoms with E-state index in [2.05, 4.69) is 52.2 Å². The number of halogens is 1. The molecule has 31 heavy (non-hydrogen) atoms. The Morgan fingerprint density at radius 2 is 1.81 bits per heavy atom. The van der Waals surface area contributed by atoms with Crippen LogP contribution in [-0.4, -0.2) is 51.6 Å². The number of nitrogens with zero attached hydrogens (tertiary/aromatic N) is 2. The lowest BCUT2D eigenvalue weighted by Gasteiger charge is -2.18. The fourth-order valence-electron chi connectivity index (χ4n) is 3.10. The van der Waals surface area contributed by atoms with Crippen molar-refractivity contribution in [1.82, 2.24) is 16.0 Å². The topological polar surface area (TPSA) is 81.9 Å². The summed E-state index contributed by atoms with van der Waals surface area (Å²) in [5, 5.41) is 9.64. The largest absolute Gasteiger partial charge is 0.469 e. The molecule has 1 amide bonds. The van der Waals surface area contributed by atoms with E-state index in [1.54, 1.807) is 6.26 Å². The van der Waals surface area contributed by atoms with E-state index in [9.17, 15) is 4.79 Å². The molecule has 1 saturated carbocycles. The number of hydrogen-bond donors (Lipinski definition) is 3. The number of para-hydroxylation sites is 1. The molecule has 7 nitrogen and oxygen atoms in total. The van der Waals surface area contributed by atoms with E-state index in [-0.39, 0.29) is 35.8 Å². The average Bonchev–Trinajstić information content (AvgIpc) is 3.50. The minimum Gasteiger partial charge on any atom is -0.469 e. The Kier molecular flexibility index (Phi) is 11.3. The van der Waals surface area contributed by atoms with Gasteiger partial charge in [-0.05, 0) is 43.5 Å². The first-order valence-electron chi connectivity index (χ1n) is 10.8. The van der Waals surface area contributed by atoms with Crippen molar-refractivity contribution >= 4 is 41.5 Å². The molecule has 8 heteroatoms. The number of hydrogen-bond acceptors (Lipinski definition) is 4. The first-order chi connectivity index (χ1) is 14.7. The van der Waals surface area contributed by atoms with Crippen LogP contribution in [0.2, 0.25) is 0 Å². The molecule has 0 atom stereocenters. The zero-order valence-corrected chi connectivity index (χ0v) is 20.5. The summed E-state index contributed by atoms with van der Waals surface area (Å²) in [6.07, 6.45) is 5.49. The highest BCUT2D eigenvalue weighted by molar-refractivity contribution is 14.0. The third-order valence-corrected chi connectivity index (χ3v) is 5.03. The Morgan fingerprint density at radius 1 is 1.06 bits per heavy atom. The van der Waals surface area contributed by atoms with Crippen molar-refractivity contribution < 1.29 is 9.21 Å². The van der Waals surface area contributed by atoms with Crippen molar-refractivity contribution in [2.45, 2.75) is 25.7 Å². The molecule has 1 aromatic heterocycles. The van der Waals surface area contributed by atoms with Gasteiger partial charge in [0.15, 0.2) is 5.96 Å². The zero-order chi connectivity index (χ0) is 21.0. The number of aliphatic imine (C=N–C) groups is 1. The Labute approximate surface area is 202 Å². The summed E-state index contributed by atoms with van der Waals surface area (Å²) in [7, 11) is 2.10. The lowest BCUT2D eigenvalue weighted by molar-refractivity contribution is -0.122. The molecule has 0 saturated heterocycles. The van der Waals surface area contributed by atoms with Gasteiger partial charge in [-0.1, -0.05) is 18.2 Å². The van der Waals surface area contributed by atoms with Gasteiger partial charge < -0.3 is 25.3 Å². The molecule has 170 valence electrons. The van der Waals surface area contributed by atoms with Gasteiger partial charge in [-0.2, -0.15) is 0 Å². The van der Waals surface area contributed by atoms with Crippen LogP contribution in [0.1, 0.15) is 25.0 Å². The maximum atomic E-state index is 11.7. The van der Waals surface area contributed by atoms with Crippen LogP contribution in [0.15, 0.2) is 58.1 Å². The fourth-order valence-corrected chi connectivity index (χ4v) is 3.10. The summed E-state index contributed by atoms with van der Waals surface area (Å²) in [5.74, 6) is 2.13. The summed E-state index contributed by atoms with van der Waals surface area (Å²) in [6.45, 7) is 3.64. The molecule has 0 aliphatic heterocycles. The van der Waals surface area contributed by atoms with Gasteiger partial charge >= 0.3 is 0 Å². The van der Waals surface area contributed by atoms with Gasteiger partial charge in [0.2, 0.25) is 5.91 Å². The van der Waals surface area contributed by atoms with Crippen LogP contribution >= 0.6 is 24.0 Å². The lowest BCUT2D eigenvalue weighted by Crippen LogP contribution is -2.42.